The lowest BCUT2D eigenvalue weighted by atomic mass is 10.1. The number of methoxy groups -OCH3 is 2. The molecule has 0 bridgehead atoms. The van der Waals surface area contributed by atoms with Crippen LogP contribution in [-0.2, 0) is 4.79 Å². The van der Waals surface area contributed by atoms with Crippen molar-refractivity contribution in [2.24, 2.45) is 0 Å². The molecule has 5 heteroatoms. The quantitative estimate of drug-likeness (QED) is 0.757. The van der Waals surface area contributed by atoms with Gasteiger partial charge in [0.15, 0.2) is 0 Å². The Labute approximate surface area is 138 Å². The number of nitrogens with one attached hydrogen (secondary N) is 2. The lowest BCUT2D eigenvalue weighted by molar-refractivity contribution is -0.121. The van der Waals surface area contributed by atoms with Crippen molar-refractivity contribution in [2.75, 3.05) is 26.1 Å². The van der Waals surface area contributed by atoms with Gasteiger partial charge in [-0.15, -0.1) is 0 Å². The van der Waals surface area contributed by atoms with Gasteiger partial charge in [0.05, 0.1) is 19.9 Å². The summed E-state index contributed by atoms with van der Waals surface area (Å²) >= 11 is 0. The summed E-state index contributed by atoms with van der Waals surface area (Å²) in [5.41, 5.74) is 0.871. The van der Waals surface area contributed by atoms with Gasteiger partial charge in [-0.3, -0.25) is 4.79 Å². The number of ether oxygens (including phenoxy) is 2. The molecule has 1 aliphatic carbocycles. The van der Waals surface area contributed by atoms with Gasteiger partial charge < -0.3 is 20.1 Å². The van der Waals surface area contributed by atoms with Crippen LogP contribution >= 0.6 is 0 Å². The SMILES string of the molecule is COc1ccc(NCCC(=O)NC2CCCCCC2)c(OC)c1. The average molecular weight is 320 g/mol. The van der Waals surface area contributed by atoms with Crippen molar-refractivity contribution in [3.63, 3.8) is 0 Å². The van der Waals surface area contributed by atoms with Gasteiger partial charge in [0.25, 0.3) is 0 Å². The van der Waals surface area contributed by atoms with Crippen molar-refractivity contribution < 1.29 is 14.3 Å². The summed E-state index contributed by atoms with van der Waals surface area (Å²) in [6.07, 6.45) is 7.75. The zero-order valence-electron chi connectivity index (χ0n) is 14.2. The molecule has 0 heterocycles. The van der Waals surface area contributed by atoms with E-state index in [4.69, 9.17) is 9.47 Å². The number of carbonyl (C=O) groups excluding carboxylic acids is 1. The molecular formula is C18H28N2O3. The van der Waals surface area contributed by atoms with E-state index in [1.165, 1.54) is 25.7 Å². The molecule has 0 radical (unpaired) electrons. The number of amides is 1. The highest BCUT2D eigenvalue weighted by Gasteiger charge is 2.14. The van der Waals surface area contributed by atoms with E-state index < -0.39 is 0 Å². The molecule has 128 valence electrons. The van der Waals surface area contributed by atoms with Crippen molar-refractivity contribution >= 4 is 11.6 Å². The molecular weight excluding hydrogens is 292 g/mol. The zero-order chi connectivity index (χ0) is 16.5. The van der Waals surface area contributed by atoms with Crippen LogP contribution in [0.4, 0.5) is 5.69 Å². The molecule has 1 amide bonds. The Bertz CT molecular complexity index is 497. The Morgan fingerprint density at radius 1 is 1.13 bits per heavy atom. The summed E-state index contributed by atoms with van der Waals surface area (Å²) in [5, 5.41) is 6.42. The molecule has 0 spiro atoms. The monoisotopic (exact) mass is 320 g/mol. The number of hydrogen-bond donors (Lipinski definition) is 2. The fraction of sp³-hybridized carbons (Fsp3) is 0.611. The van der Waals surface area contributed by atoms with Gasteiger partial charge in [-0.1, -0.05) is 25.7 Å². The Morgan fingerprint density at radius 2 is 1.87 bits per heavy atom. The minimum atomic E-state index is 0.122. The van der Waals surface area contributed by atoms with Crippen LogP contribution in [0.5, 0.6) is 11.5 Å². The van der Waals surface area contributed by atoms with Crippen molar-refractivity contribution in [2.45, 2.75) is 51.0 Å². The highest BCUT2D eigenvalue weighted by Crippen LogP contribution is 2.28. The van der Waals surface area contributed by atoms with Crippen LogP contribution in [0.1, 0.15) is 44.9 Å². The number of benzene rings is 1. The minimum absolute atomic E-state index is 0.122. The minimum Gasteiger partial charge on any atom is -0.497 e. The molecule has 0 atom stereocenters. The standard InChI is InChI=1S/C18H28N2O3/c1-22-15-9-10-16(17(13-15)23-2)19-12-11-18(21)20-14-7-5-3-4-6-8-14/h9-10,13-14,19H,3-8,11-12H2,1-2H3,(H,20,21). The predicted molar refractivity (Wildman–Crippen MR) is 92.3 cm³/mol. The molecule has 2 rings (SSSR count). The molecule has 0 aromatic heterocycles. The van der Waals surface area contributed by atoms with Crippen LogP contribution in [-0.4, -0.2) is 32.7 Å². The second-order valence-corrected chi connectivity index (χ2v) is 6.00. The lowest BCUT2D eigenvalue weighted by Crippen LogP contribution is -2.35. The van der Waals surface area contributed by atoms with Gasteiger partial charge >= 0.3 is 0 Å². The number of rotatable bonds is 7. The lowest BCUT2D eigenvalue weighted by Gasteiger charge is -2.17. The first kappa shape index (κ1) is 17.4. The first-order valence-electron chi connectivity index (χ1n) is 8.48. The van der Waals surface area contributed by atoms with E-state index in [9.17, 15) is 4.79 Å². The summed E-state index contributed by atoms with van der Waals surface area (Å²) < 4.78 is 10.5. The predicted octanol–water partition coefficient (Wildman–Crippen LogP) is 3.34. The largest absolute Gasteiger partial charge is 0.497 e. The molecule has 1 aromatic rings. The molecule has 2 N–H and O–H groups in total. The fourth-order valence-corrected chi connectivity index (χ4v) is 2.98. The van der Waals surface area contributed by atoms with Gasteiger partial charge in [0.1, 0.15) is 11.5 Å². The number of hydrogen-bond acceptors (Lipinski definition) is 4. The molecule has 0 saturated heterocycles. The van der Waals surface area contributed by atoms with Gasteiger partial charge in [0.2, 0.25) is 5.91 Å². The molecule has 1 aromatic carbocycles. The van der Waals surface area contributed by atoms with Crippen LogP contribution in [0.15, 0.2) is 18.2 Å². The second-order valence-electron chi connectivity index (χ2n) is 6.00. The third-order valence-corrected chi connectivity index (χ3v) is 4.30. The maximum atomic E-state index is 12.1. The first-order chi connectivity index (χ1) is 11.2. The summed E-state index contributed by atoms with van der Waals surface area (Å²) in [4.78, 5) is 12.1. The average Bonchev–Trinajstić information content (AvgIpc) is 2.83. The Hall–Kier alpha value is -1.91. The van der Waals surface area contributed by atoms with Crippen LogP contribution in [0.3, 0.4) is 0 Å². The van der Waals surface area contributed by atoms with Crippen LogP contribution in [0, 0.1) is 0 Å². The highest BCUT2D eigenvalue weighted by molar-refractivity contribution is 5.77. The molecule has 0 aliphatic heterocycles. The Kier molecular flexibility index (Phi) is 7.04. The van der Waals surface area contributed by atoms with Crippen molar-refractivity contribution in [3.8, 4) is 11.5 Å². The van der Waals surface area contributed by atoms with Crippen LogP contribution in [0.25, 0.3) is 0 Å². The molecule has 5 nitrogen and oxygen atoms in total. The Morgan fingerprint density at radius 3 is 2.52 bits per heavy atom. The number of anilines is 1. The summed E-state index contributed by atoms with van der Waals surface area (Å²) in [5.74, 6) is 1.59. The second kappa shape index (κ2) is 9.28. The maximum Gasteiger partial charge on any atom is 0.221 e. The highest BCUT2D eigenvalue weighted by atomic mass is 16.5. The summed E-state index contributed by atoms with van der Waals surface area (Å²) in [6.45, 7) is 0.585. The number of carbonyl (C=O) groups is 1. The third kappa shape index (κ3) is 5.66. The normalized spacial score (nSPS) is 15.6. The molecule has 1 saturated carbocycles. The molecule has 1 aliphatic rings. The van der Waals surface area contributed by atoms with E-state index in [-0.39, 0.29) is 5.91 Å². The molecule has 1 fully saturated rings. The van der Waals surface area contributed by atoms with Crippen LogP contribution < -0.4 is 20.1 Å². The van der Waals surface area contributed by atoms with Gasteiger partial charge in [-0.05, 0) is 25.0 Å². The van der Waals surface area contributed by atoms with Gasteiger partial charge in [-0.25, -0.2) is 0 Å². The van der Waals surface area contributed by atoms with Crippen LogP contribution in [0.2, 0.25) is 0 Å². The zero-order valence-corrected chi connectivity index (χ0v) is 14.2. The van der Waals surface area contributed by atoms with E-state index in [0.29, 0.717) is 24.8 Å². The van der Waals surface area contributed by atoms with E-state index in [1.807, 2.05) is 18.2 Å². The van der Waals surface area contributed by atoms with Gasteiger partial charge in [-0.2, -0.15) is 0 Å². The van der Waals surface area contributed by atoms with E-state index in [1.54, 1.807) is 14.2 Å². The molecule has 0 unspecified atom stereocenters. The van der Waals surface area contributed by atoms with Crippen molar-refractivity contribution in [1.82, 2.24) is 5.32 Å². The van der Waals surface area contributed by atoms with E-state index in [2.05, 4.69) is 10.6 Å². The summed E-state index contributed by atoms with van der Waals surface area (Å²) in [6, 6.07) is 5.96. The maximum absolute atomic E-state index is 12.1. The third-order valence-electron chi connectivity index (χ3n) is 4.30. The fourth-order valence-electron chi connectivity index (χ4n) is 2.98. The van der Waals surface area contributed by atoms with Crippen molar-refractivity contribution in [1.29, 1.82) is 0 Å². The Balaban J connectivity index is 1.76. The topological polar surface area (TPSA) is 59.6 Å². The van der Waals surface area contributed by atoms with Crippen molar-refractivity contribution in [3.05, 3.63) is 18.2 Å². The van der Waals surface area contributed by atoms with Gasteiger partial charge in [0, 0.05) is 25.1 Å². The van der Waals surface area contributed by atoms with E-state index >= 15 is 0 Å². The first-order valence-corrected chi connectivity index (χ1v) is 8.48. The van der Waals surface area contributed by atoms with E-state index in [0.717, 1.165) is 24.3 Å². The molecule has 23 heavy (non-hydrogen) atoms. The smallest absolute Gasteiger partial charge is 0.221 e. The summed E-state index contributed by atoms with van der Waals surface area (Å²) in [7, 11) is 3.25.